The van der Waals surface area contributed by atoms with Gasteiger partial charge in [-0.1, -0.05) is 57.2 Å². The van der Waals surface area contributed by atoms with Gasteiger partial charge in [0.1, 0.15) is 11.4 Å². The Bertz CT molecular complexity index is 928. The summed E-state index contributed by atoms with van der Waals surface area (Å²) in [5, 5.41) is 4.04. The van der Waals surface area contributed by atoms with E-state index in [0.29, 0.717) is 24.7 Å². The van der Waals surface area contributed by atoms with Crippen LogP contribution >= 0.6 is 0 Å². The minimum atomic E-state index is -0.0460. The first-order valence-electron chi connectivity index (χ1n) is 10.1. The van der Waals surface area contributed by atoms with E-state index in [0.717, 1.165) is 28.6 Å². The molecule has 0 fully saturated rings. The van der Waals surface area contributed by atoms with Gasteiger partial charge in [-0.15, -0.1) is 0 Å². The Morgan fingerprint density at radius 1 is 1.07 bits per heavy atom. The number of ether oxygens (including phenoxy) is 1. The van der Waals surface area contributed by atoms with Crippen LogP contribution in [-0.4, -0.2) is 23.1 Å². The molecule has 3 rings (SSSR count). The van der Waals surface area contributed by atoms with Crippen LogP contribution in [0.25, 0.3) is 10.9 Å². The maximum atomic E-state index is 12.9. The average molecular weight is 379 g/mol. The summed E-state index contributed by atoms with van der Waals surface area (Å²) in [4.78, 5) is 12.9. The fourth-order valence-corrected chi connectivity index (χ4v) is 3.17. The van der Waals surface area contributed by atoms with Crippen LogP contribution < -0.4 is 10.1 Å². The molecule has 0 saturated heterocycles. The zero-order valence-corrected chi connectivity index (χ0v) is 17.2. The number of hydrogen-bond donors (Lipinski definition) is 1. The third-order valence-corrected chi connectivity index (χ3v) is 4.90. The van der Waals surface area contributed by atoms with Crippen molar-refractivity contribution < 1.29 is 9.53 Å². The molecule has 0 bridgehead atoms. The van der Waals surface area contributed by atoms with Gasteiger partial charge >= 0.3 is 0 Å². The van der Waals surface area contributed by atoms with Gasteiger partial charge < -0.3 is 14.6 Å². The van der Waals surface area contributed by atoms with Gasteiger partial charge in [0.05, 0.1) is 11.6 Å². The molecule has 4 heteroatoms. The molecular weight excluding hydrogens is 348 g/mol. The SMILES string of the molecule is CC[C@@H](C)Oc1cccc2c1cc(C(=O)NCC(C)C)n2Cc1ccccc1. The maximum Gasteiger partial charge on any atom is 0.267 e. The van der Waals surface area contributed by atoms with Crippen LogP contribution in [0.1, 0.15) is 50.2 Å². The van der Waals surface area contributed by atoms with E-state index in [1.807, 2.05) is 36.4 Å². The summed E-state index contributed by atoms with van der Waals surface area (Å²) in [7, 11) is 0. The van der Waals surface area contributed by atoms with Crippen LogP contribution in [0.4, 0.5) is 0 Å². The molecule has 1 amide bonds. The standard InChI is InChI=1S/C24H30N2O2/c1-5-18(4)28-23-13-9-12-21-20(23)14-22(24(27)25-15-17(2)3)26(21)16-19-10-7-6-8-11-19/h6-14,17-18H,5,15-16H2,1-4H3,(H,25,27)/t18-/m1/s1. The van der Waals surface area contributed by atoms with E-state index in [1.54, 1.807) is 0 Å². The van der Waals surface area contributed by atoms with Crippen LogP contribution in [-0.2, 0) is 6.54 Å². The molecule has 1 atom stereocenters. The number of benzene rings is 2. The number of hydrogen-bond acceptors (Lipinski definition) is 2. The normalized spacial score (nSPS) is 12.3. The predicted octanol–water partition coefficient (Wildman–Crippen LogP) is 5.25. The minimum Gasteiger partial charge on any atom is -0.490 e. The van der Waals surface area contributed by atoms with Gasteiger partial charge in [-0.2, -0.15) is 0 Å². The summed E-state index contributed by atoms with van der Waals surface area (Å²) in [6.45, 7) is 9.66. The second-order valence-electron chi connectivity index (χ2n) is 7.73. The van der Waals surface area contributed by atoms with E-state index in [2.05, 4.69) is 55.8 Å². The summed E-state index contributed by atoms with van der Waals surface area (Å²) in [5.74, 6) is 1.19. The summed E-state index contributed by atoms with van der Waals surface area (Å²) in [6.07, 6.45) is 1.06. The highest BCUT2D eigenvalue weighted by Crippen LogP contribution is 2.31. The summed E-state index contributed by atoms with van der Waals surface area (Å²) >= 11 is 0. The smallest absolute Gasteiger partial charge is 0.267 e. The molecule has 0 aliphatic heterocycles. The lowest BCUT2D eigenvalue weighted by Gasteiger charge is -2.14. The molecule has 1 heterocycles. The molecule has 0 unspecified atom stereocenters. The molecular formula is C24H30N2O2. The monoisotopic (exact) mass is 378 g/mol. The molecule has 4 nitrogen and oxygen atoms in total. The molecule has 0 spiro atoms. The van der Waals surface area contributed by atoms with Gasteiger partial charge in [0.25, 0.3) is 5.91 Å². The van der Waals surface area contributed by atoms with Crippen molar-refractivity contribution in [2.45, 2.75) is 46.8 Å². The summed E-state index contributed by atoms with van der Waals surface area (Å²) < 4.78 is 8.22. The van der Waals surface area contributed by atoms with Crippen LogP contribution in [0, 0.1) is 5.92 Å². The van der Waals surface area contributed by atoms with Crippen molar-refractivity contribution in [2.75, 3.05) is 6.54 Å². The molecule has 28 heavy (non-hydrogen) atoms. The van der Waals surface area contributed by atoms with Crippen LogP contribution in [0.3, 0.4) is 0 Å². The number of nitrogens with one attached hydrogen (secondary N) is 1. The largest absolute Gasteiger partial charge is 0.490 e. The lowest BCUT2D eigenvalue weighted by molar-refractivity contribution is 0.0940. The number of fused-ring (bicyclic) bond motifs is 1. The molecule has 0 radical (unpaired) electrons. The number of aromatic nitrogens is 1. The van der Waals surface area contributed by atoms with E-state index >= 15 is 0 Å². The average Bonchev–Trinajstić information content (AvgIpc) is 3.06. The quantitative estimate of drug-likeness (QED) is 0.581. The van der Waals surface area contributed by atoms with Crippen molar-refractivity contribution in [2.24, 2.45) is 5.92 Å². The first kappa shape index (κ1) is 20.0. The molecule has 0 aliphatic carbocycles. The minimum absolute atomic E-state index is 0.0460. The Kier molecular flexibility index (Phi) is 6.40. The molecule has 0 saturated carbocycles. The second kappa shape index (κ2) is 8.96. The lowest BCUT2D eigenvalue weighted by atomic mass is 10.2. The first-order valence-corrected chi connectivity index (χ1v) is 10.1. The van der Waals surface area contributed by atoms with Crippen molar-refractivity contribution >= 4 is 16.8 Å². The van der Waals surface area contributed by atoms with Gasteiger partial charge in [0, 0.05) is 18.5 Å². The van der Waals surface area contributed by atoms with Crippen LogP contribution in [0.2, 0.25) is 0 Å². The van der Waals surface area contributed by atoms with Crippen LogP contribution in [0.15, 0.2) is 54.6 Å². The molecule has 148 valence electrons. The molecule has 1 N–H and O–H groups in total. The number of rotatable bonds is 8. The van der Waals surface area contributed by atoms with Gasteiger partial charge in [-0.3, -0.25) is 4.79 Å². The number of carbonyl (C=O) groups excluding carboxylic acids is 1. The number of carbonyl (C=O) groups is 1. The fourth-order valence-electron chi connectivity index (χ4n) is 3.17. The Hall–Kier alpha value is -2.75. The molecule has 2 aromatic carbocycles. The van der Waals surface area contributed by atoms with E-state index in [1.165, 1.54) is 0 Å². The van der Waals surface area contributed by atoms with Crippen LogP contribution in [0.5, 0.6) is 5.75 Å². The second-order valence-corrected chi connectivity index (χ2v) is 7.73. The summed E-state index contributed by atoms with van der Waals surface area (Å²) in [5.41, 5.74) is 2.84. The Morgan fingerprint density at radius 2 is 1.82 bits per heavy atom. The fraction of sp³-hybridized carbons (Fsp3) is 0.375. The van der Waals surface area contributed by atoms with Crippen molar-refractivity contribution in [3.63, 3.8) is 0 Å². The van der Waals surface area contributed by atoms with Gasteiger partial charge in [0.2, 0.25) is 0 Å². The van der Waals surface area contributed by atoms with E-state index in [4.69, 9.17) is 4.74 Å². The number of nitrogens with zero attached hydrogens (tertiary/aromatic N) is 1. The van der Waals surface area contributed by atoms with E-state index < -0.39 is 0 Å². The zero-order chi connectivity index (χ0) is 20.1. The summed E-state index contributed by atoms with van der Waals surface area (Å²) in [6, 6.07) is 18.2. The van der Waals surface area contributed by atoms with Gasteiger partial charge in [-0.25, -0.2) is 0 Å². The van der Waals surface area contributed by atoms with Crippen molar-refractivity contribution in [1.82, 2.24) is 9.88 Å². The van der Waals surface area contributed by atoms with Crippen molar-refractivity contribution in [1.29, 1.82) is 0 Å². The Labute approximate surface area is 167 Å². The molecule has 0 aliphatic rings. The Morgan fingerprint density at radius 3 is 2.50 bits per heavy atom. The maximum absolute atomic E-state index is 12.9. The van der Waals surface area contributed by atoms with Crippen molar-refractivity contribution in [3.05, 3.63) is 65.9 Å². The first-order chi connectivity index (χ1) is 13.5. The van der Waals surface area contributed by atoms with Gasteiger partial charge in [-0.05, 0) is 43.0 Å². The highest BCUT2D eigenvalue weighted by molar-refractivity contribution is 6.00. The van der Waals surface area contributed by atoms with Gasteiger partial charge in [0.15, 0.2) is 0 Å². The molecule has 3 aromatic rings. The Balaban J connectivity index is 2.06. The van der Waals surface area contributed by atoms with E-state index in [9.17, 15) is 4.79 Å². The highest BCUT2D eigenvalue weighted by Gasteiger charge is 2.19. The topological polar surface area (TPSA) is 43.3 Å². The lowest BCUT2D eigenvalue weighted by Crippen LogP contribution is -2.29. The molecule has 1 aromatic heterocycles. The highest BCUT2D eigenvalue weighted by atomic mass is 16.5. The third-order valence-electron chi connectivity index (χ3n) is 4.90. The number of amides is 1. The zero-order valence-electron chi connectivity index (χ0n) is 17.2. The van der Waals surface area contributed by atoms with Crippen molar-refractivity contribution in [3.8, 4) is 5.75 Å². The van der Waals surface area contributed by atoms with E-state index in [-0.39, 0.29) is 12.0 Å². The predicted molar refractivity (Wildman–Crippen MR) is 115 cm³/mol. The third kappa shape index (κ3) is 4.56.